The number of carbonyl (C=O) groups is 1. The molecule has 0 fully saturated rings. The first-order chi connectivity index (χ1) is 8.27. The van der Waals surface area contributed by atoms with Gasteiger partial charge in [0.1, 0.15) is 0 Å². The lowest BCUT2D eigenvalue weighted by atomic mass is 9.95. The molecule has 1 rings (SSSR count). The Morgan fingerprint density at radius 3 is 2.71 bits per heavy atom. The van der Waals surface area contributed by atoms with Gasteiger partial charge in [-0.05, 0) is 18.4 Å². The van der Waals surface area contributed by atoms with Gasteiger partial charge in [0.15, 0.2) is 0 Å². The molecule has 17 heavy (non-hydrogen) atoms. The molecule has 1 aromatic carbocycles. The first-order valence-electron chi connectivity index (χ1n) is 5.99. The lowest BCUT2D eigenvalue weighted by Gasteiger charge is -2.09. The number of rotatable bonds is 6. The molecule has 1 aromatic rings. The van der Waals surface area contributed by atoms with Gasteiger partial charge < -0.3 is 5.32 Å². The average Bonchev–Trinajstić information content (AvgIpc) is 2.38. The van der Waals surface area contributed by atoms with Crippen LogP contribution >= 0.6 is 0 Å². The van der Waals surface area contributed by atoms with Gasteiger partial charge in [-0.15, -0.1) is 0 Å². The molecule has 3 nitrogen and oxygen atoms in total. The summed E-state index contributed by atoms with van der Waals surface area (Å²) >= 11 is 0. The Balaban J connectivity index is 2.44. The van der Waals surface area contributed by atoms with E-state index in [4.69, 9.17) is 5.26 Å². The van der Waals surface area contributed by atoms with Crippen LogP contribution in [0.5, 0.6) is 0 Å². The van der Waals surface area contributed by atoms with E-state index in [0.29, 0.717) is 19.4 Å². The van der Waals surface area contributed by atoms with Crippen molar-refractivity contribution in [3.63, 3.8) is 0 Å². The lowest BCUT2D eigenvalue weighted by Crippen LogP contribution is -2.24. The normalized spacial score (nSPS) is 11.5. The van der Waals surface area contributed by atoms with E-state index in [1.165, 1.54) is 0 Å². The van der Waals surface area contributed by atoms with Gasteiger partial charge in [0.2, 0.25) is 5.91 Å². The minimum absolute atomic E-state index is 0.0306. The van der Waals surface area contributed by atoms with Crippen LogP contribution in [0.3, 0.4) is 0 Å². The third-order valence-corrected chi connectivity index (χ3v) is 2.59. The quantitative estimate of drug-likeness (QED) is 0.816. The van der Waals surface area contributed by atoms with Crippen molar-refractivity contribution in [1.82, 2.24) is 5.32 Å². The van der Waals surface area contributed by atoms with Crippen LogP contribution in [-0.4, -0.2) is 12.5 Å². The van der Waals surface area contributed by atoms with E-state index >= 15 is 0 Å². The minimum atomic E-state index is -0.191. The number of carbonyl (C=O) groups excluding carboxylic acids is 1. The van der Waals surface area contributed by atoms with Crippen molar-refractivity contribution in [1.29, 1.82) is 5.26 Å². The molecule has 1 atom stereocenters. The summed E-state index contributed by atoms with van der Waals surface area (Å²) in [6.07, 6.45) is 1.93. The lowest BCUT2D eigenvalue weighted by molar-refractivity contribution is -0.121. The Kier molecular flexibility index (Phi) is 5.81. The highest BCUT2D eigenvalue weighted by atomic mass is 16.1. The smallest absolute Gasteiger partial charge is 0.220 e. The first kappa shape index (κ1) is 13.2. The molecular formula is C14H18N2O. The van der Waals surface area contributed by atoms with E-state index in [9.17, 15) is 4.79 Å². The number of hydrogen-bond acceptors (Lipinski definition) is 2. The van der Waals surface area contributed by atoms with Gasteiger partial charge in [-0.3, -0.25) is 4.79 Å². The number of amides is 1. The number of nitrogens with zero attached hydrogens (tertiary/aromatic N) is 1. The number of nitriles is 1. The fourth-order valence-electron chi connectivity index (χ4n) is 1.62. The molecule has 0 aliphatic heterocycles. The summed E-state index contributed by atoms with van der Waals surface area (Å²) in [4.78, 5) is 11.4. The summed E-state index contributed by atoms with van der Waals surface area (Å²) in [5.74, 6) is -0.161. The van der Waals surface area contributed by atoms with Gasteiger partial charge in [-0.1, -0.05) is 37.3 Å². The second-order valence-electron chi connectivity index (χ2n) is 3.98. The van der Waals surface area contributed by atoms with Crippen molar-refractivity contribution in [2.45, 2.75) is 32.1 Å². The van der Waals surface area contributed by atoms with Gasteiger partial charge in [0, 0.05) is 13.0 Å². The van der Waals surface area contributed by atoms with E-state index < -0.39 is 0 Å². The Bertz CT molecular complexity index is 381. The van der Waals surface area contributed by atoms with Crippen LogP contribution in [0.4, 0.5) is 0 Å². The van der Waals surface area contributed by atoms with Crippen molar-refractivity contribution in [2.75, 3.05) is 6.54 Å². The fraction of sp³-hybridized carbons (Fsp3) is 0.429. The van der Waals surface area contributed by atoms with E-state index in [2.05, 4.69) is 11.4 Å². The Labute approximate surface area is 102 Å². The maximum absolute atomic E-state index is 11.4. The van der Waals surface area contributed by atoms with Gasteiger partial charge in [0.25, 0.3) is 0 Å². The summed E-state index contributed by atoms with van der Waals surface area (Å²) in [6.45, 7) is 2.73. The molecule has 3 heteroatoms. The second-order valence-corrected chi connectivity index (χ2v) is 3.98. The van der Waals surface area contributed by atoms with Crippen LogP contribution in [0.1, 0.15) is 37.7 Å². The predicted octanol–water partition coefficient (Wildman–Crippen LogP) is 2.60. The van der Waals surface area contributed by atoms with Crippen molar-refractivity contribution in [2.24, 2.45) is 0 Å². The van der Waals surface area contributed by atoms with Crippen LogP contribution in [-0.2, 0) is 4.79 Å². The molecule has 1 amide bonds. The van der Waals surface area contributed by atoms with Crippen LogP contribution < -0.4 is 5.32 Å². The Hall–Kier alpha value is -1.82. The van der Waals surface area contributed by atoms with Crippen molar-refractivity contribution in [3.05, 3.63) is 35.9 Å². The summed E-state index contributed by atoms with van der Waals surface area (Å²) in [5, 5.41) is 11.9. The van der Waals surface area contributed by atoms with E-state index in [1.807, 2.05) is 37.3 Å². The molecule has 0 bridgehead atoms. The first-order valence-corrected chi connectivity index (χ1v) is 5.99. The molecule has 0 radical (unpaired) electrons. The molecule has 0 heterocycles. The molecule has 0 saturated carbocycles. The zero-order valence-corrected chi connectivity index (χ0v) is 10.1. The summed E-state index contributed by atoms with van der Waals surface area (Å²) < 4.78 is 0. The van der Waals surface area contributed by atoms with Crippen molar-refractivity contribution in [3.8, 4) is 6.07 Å². The predicted molar refractivity (Wildman–Crippen MR) is 67.3 cm³/mol. The van der Waals surface area contributed by atoms with Gasteiger partial charge in [-0.25, -0.2) is 0 Å². The summed E-state index contributed by atoms with van der Waals surface area (Å²) in [5.41, 5.74) is 0.985. The van der Waals surface area contributed by atoms with E-state index in [1.54, 1.807) is 0 Å². The maximum atomic E-state index is 11.4. The number of benzene rings is 1. The topological polar surface area (TPSA) is 52.9 Å². The minimum Gasteiger partial charge on any atom is -0.356 e. The molecule has 0 spiro atoms. The molecule has 0 aromatic heterocycles. The third kappa shape index (κ3) is 4.69. The molecule has 0 aliphatic carbocycles. The summed E-state index contributed by atoms with van der Waals surface area (Å²) in [6, 6.07) is 11.9. The third-order valence-electron chi connectivity index (χ3n) is 2.59. The van der Waals surface area contributed by atoms with Gasteiger partial charge >= 0.3 is 0 Å². The Morgan fingerprint density at radius 2 is 2.12 bits per heavy atom. The Morgan fingerprint density at radius 1 is 1.41 bits per heavy atom. The largest absolute Gasteiger partial charge is 0.356 e. The zero-order chi connectivity index (χ0) is 12.5. The van der Waals surface area contributed by atoms with Crippen LogP contribution in [0, 0.1) is 11.3 Å². The number of hydrogen-bond donors (Lipinski definition) is 1. The monoisotopic (exact) mass is 230 g/mol. The van der Waals surface area contributed by atoms with Crippen molar-refractivity contribution < 1.29 is 4.79 Å². The summed E-state index contributed by atoms with van der Waals surface area (Å²) in [7, 11) is 0. The molecule has 1 N–H and O–H groups in total. The maximum Gasteiger partial charge on any atom is 0.220 e. The zero-order valence-electron chi connectivity index (χ0n) is 10.1. The molecular weight excluding hydrogens is 212 g/mol. The molecule has 1 unspecified atom stereocenters. The fourth-order valence-corrected chi connectivity index (χ4v) is 1.62. The van der Waals surface area contributed by atoms with Gasteiger partial charge in [0.05, 0.1) is 12.0 Å². The van der Waals surface area contributed by atoms with E-state index in [0.717, 1.165) is 12.0 Å². The molecule has 0 saturated heterocycles. The van der Waals surface area contributed by atoms with Crippen LogP contribution in [0.2, 0.25) is 0 Å². The van der Waals surface area contributed by atoms with Crippen molar-refractivity contribution >= 4 is 5.91 Å². The highest BCUT2D eigenvalue weighted by molar-refractivity contribution is 5.75. The molecule has 90 valence electrons. The van der Waals surface area contributed by atoms with E-state index in [-0.39, 0.29) is 11.8 Å². The van der Waals surface area contributed by atoms with Crippen LogP contribution in [0.25, 0.3) is 0 Å². The number of nitrogens with one attached hydrogen (secondary N) is 1. The highest BCUT2D eigenvalue weighted by Gasteiger charge is 2.12. The van der Waals surface area contributed by atoms with Gasteiger partial charge in [-0.2, -0.15) is 5.26 Å². The second kappa shape index (κ2) is 7.45. The average molecular weight is 230 g/mol. The standard InChI is InChI=1S/C14H18N2O/c1-2-10-16-14(17)9-8-13(11-15)12-6-4-3-5-7-12/h3-7,13H,2,8-10H2,1H3,(H,16,17). The molecule has 0 aliphatic rings. The van der Waals surface area contributed by atoms with Crippen LogP contribution in [0.15, 0.2) is 30.3 Å². The highest BCUT2D eigenvalue weighted by Crippen LogP contribution is 2.19. The SMILES string of the molecule is CCCNC(=O)CCC(C#N)c1ccccc1.